The molecular weight excluding hydrogens is 166 g/mol. The molecule has 0 fully saturated rings. The predicted molar refractivity (Wildman–Crippen MR) is 48.9 cm³/mol. The van der Waals surface area contributed by atoms with E-state index in [9.17, 15) is 9.90 Å². The van der Waals surface area contributed by atoms with Gasteiger partial charge in [0.05, 0.1) is 0 Å². The maximum atomic E-state index is 10.3. The summed E-state index contributed by atoms with van der Waals surface area (Å²) in [5.41, 5.74) is 6.17. The van der Waals surface area contributed by atoms with Crippen molar-refractivity contribution in [1.29, 1.82) is 0 Å². The van der Waals surface area contributed by atoms with Gasteiger partial charge >= 0.3 is 0 Å². The number of amides is 1. The van der Waals surface area contributed by atoms with Crippen molar-refractivity contribution in [1.82, 2.24) is 0 Å². The fourth-order valence-corrected chi connectivity index (χ4v) is 0.821. The zero-order valence-electron chi connectivity index (χ0n) is 7.16. The van der Waals surface area contributed by atoms with Gasteiger partial charge in [0, 0.05) is 5.56 Å². The molecule has 1 rings (SSSR count). The van der Waals surface area contributed by atoms with Crippen molar-refractivity contribution in [3.05, 3.63) is 29.3 Å². The first kappa shape index (κ1) is 9.14. The van der Waals surface area contributed by atoms with Crippen LogP contribution < -0.4 is 5.73 Å². The highest BCUT2D eigenvalue weighted by atomic mass is 16.3. The van der Waals surface area contributed by atoms with Gasteiger partial charge in [0.2, 0.25) is 0 Å². The quantitative estimate of drug-likeness (QED) is 0.565. The summed E-state index contributed by atoms with van der Waals surface area (Å²) in [6.07, 6.45) is 0. The van der Waals surface area contributed by atoms with Gasteiger partial charge in [0.15, 0.2) is 0 Å². The summed E-state index contributed by atoms with van der Waals surface area (Å²) in [4.78, 5) is 10.3. The van der Waals surface area contributed by atoms with Gasteiger partial charge in [-0.1, -0.05) is 12.0 Å². The first-order valence-electron chi connectivity index (χ1n) is 3.70. The molecule has 0 radical (unpaired) electrons. The third kappa shape index (κ3) is 2.53. The molecule has 0 aliphatic rings. The highest BCUT2D eigenvalue weighted by molar-refractivity contribution is 5.92. The van der Waals surface area contributed by atoms with Crippen molar-refractivity contribution in [3.63, 3.8) is 0 Å². The Morgan fingerprint density at radius 2 is 2.23 bits per heavy atom. The second kappa shape index (κ2) is 3.63. The highest BCUT2D eigenvalue weighted by Gasteiger charge is 1.95. The van der Waals surface area contributed by atoms with Gasteiger partial charge in [0.25, 0.3) is 5.91 Å². The molecule has 13 heavy (non-hydrogen) atoms. The topological polar surface area (TPSA) is 63.3 Å². The smallest absolute Gasteiger partial charge is 0.293 e. The molecule has 3 nitrogen and oxygen atoms in total. The molecule has 0 heterocycles. The zero-order chi connectivity index (χ0) is 9.84. The predicted octanol–water partition coefficient (Wildman–Crippen LogP) is 0.537. The minimum absolute atomic E-state index is 0.163. The lowest BCUT2D eigenvalue weighted by Gasteiger charge is -1.96. The Morgan fingerprint density at radius 1 is 1.54 bits per heavy atom. The molecule has 0 unspecified atom stereocenters. The largest absolute Gasteiger partial charge is 0.508 e. The molecule has 0 aliphatic carbocycles. The highest BCUT2D eigenvalue weighted by Crippen LogP contribution is 2.16. The number of carbonyl (C=O) groups is 1. The van der Waals surface area contributed by atoms with E-state index in [1.54, 1.807) is 19.1 Å². The lowest BCUT2D eigenvalue weighted by atomic mass is 10.1. The molecule has 0 saturated carbocycles. The molecule has 0 saturated heterocycles. The molecule has 3 heteroatoms. The van der Waals surface area contributed by atoms with Crippen LogP contribution in [0.5, 0.6) is 5.75 Å². The Labute approximate surface area is 76.2 Å². The molecule has 1 amide bonds. The Hall–Kier alpha value is -1.95. The minimum Gasteiger partial charge on any atom is -0.508 e. The van der Waals surface area contributed by atoms with Crippen LogP contribution in [0.15, 0.2) is 18.2 Å². The normalized spacial score (nSPS) is 8.69. The number of hydrogen-bond donors (Lipinski definition) is 2. The van der Waals surface area contributed by atoms with Crippen LogP contribution in [0.2, 0.25) is 0 Å². The maximum absolute atomic E-state index is 10.3. The van der Waals surface area contributed by atoms with E-state index in [0.29, 0.717) is 5.56 Å². The van der Waals surface area contributed by atoms with E-state index in [-0.39, 0.29) is 5.75 Å². The van der Waals surface area contributed by atoms with Crippen molar-refractivity contribution < 1.29 is 9.90 Å². The van der Waals surface area contributed by atoms with Gasteiger partial charge in [-0.3, -0.25) is 4.79 Å². The summed E-state index contributed by atoms with van der Waals surface area (Å²) < 4.78 is 0. The van der Waals surface area contributed by atoms with Crippen LogP contribution in [0.4, 0.5) is 0 Å². The fourth-order valence-electron chi connectivity index (χ4n) is 0.821. The van der Waals surface area contributed by atoms with E-state index >= 15 is 0 Å². The van der Waals surface area contributed by atoms with E-state index in [1.165, 1.54) is 6.07 Å². The van der Waals surface area contributed by atoms with E-state index < -0.39 is 5.91 Å². The molecule has 3 N–H and O–H groups in total. The third-order valence-electron chi connectivity index (χ3n) is 1.54. The number of benzene rings is 1. The molecule has 1 aromatic rings. The third-order valence-corrected chi connectivity index (χ3v) is 1.54. The summed E-state index contributed by atoms with van der Waals surface area (Å²) in [5, 5.41) is 9.28. The number of nitrogens with two attached hydrogens (primary N) is 1. The van der Waals surface area contributed by atoms with Crippen LogP contribution in [0.3, 0.4) is 0 Å². The Balaban J connectivity index is 3.00. The Kier molecular flexibility index (Phi) is 2.56. The molecule has 66 valence electrons. The second-order valence-electron chi connectivity index (χ2n) is 2.62. The van der Waals surface area contributed by atoms with Crippen LogP contribution in [-0.4, -0.2) is 11.0 Å². The van der Waals surface area contributed by atoms with E-state index in [1.807, 2.05) is 0 Å². The summed E-state index contributed by atoms with van der Waals surface area (Å²) >= 11 is 0. The minimum atomic E-state index is -0.680. The van der Waals surface area contributed by atoms with Crippen LogP contribution >= 0.6 is 0 Å². The van der Waals surface area contributed by atoms with Gasteiger partial charge in [0.1, 0.15) is 5.75 Å². The zero-order valence-corrected chi connectivity index (χ0v) is 7.16. The second-order valence-corrected chi connectivity index (χ2v) is 2.62. The van der Waals surface area contributed by atoms with E-state index in [0.717, 1.165) is 5.56 Å². The van der Waals surface area contributed by atoms with Gasteiger partial charge in [-0.25, -0.2) is 0 Å². The number of phenolic OH excluding ortho intramolecular Hbond substituents is 1. The first-order valence-corrected chi connectivity index (χ1v) is 3.70. The van der Waals surface area contributed by atoms with Gasteiger partial charge in [-0.05, 0) is 30.5 Å². The lowest BCUT2D eigenvalue weighted by Crippen LogP contribution is -2.06. The van der Waals surface area contributed by atoms with E-state index in [4.69, 9.17) is 5.73 Å². The van der Waals surface area contributed by atoms with Crippen LogP contribution in [0.1, 0.15) is 11.1 Å². The lowest BCUT2D eigenvalue weighted by molar-refractivity contribution is -0.112. The average Bonchev–Trinajstić information content (AvgIpc) is 2.07. The molecular formula is C10H9NO2. The summed E-state index contributed by atoms with van der Waals surface area (Å²) in [7, 11) is 0. The summed E-state index contributed by atoms with van der Waals surface area (Å²) in [5.74, 6) is 4.20. The number of aryl methyl sites for hydroxylation is 1. The first-order chi connectivity index (χ1) is 6.09. The fraction of sp³-hybridized carbons (Fsp3) is 0.100. The Morgan fingerprint density at radius 3 is 2.77 bits per heavy atom. The van der Waals surface area contributed by atoms with E-state index in [2.05, 4.69) is 11.8 Å². The van der Waals surface area contributed by atoms with Gasteiger partial charge < -0.3 is 10.8 Å². The maximum Gasteiger partial charge on any atom is 0.293 e. The van der Waals surface area contributed by atoms with Crippen molar-refractivity contribution >= 4 is 5.91 Å². The SMILES string of the molecule is Cc1ccc(C#CC(N)=O)cc1O. The number of rotatable bonds is 0. The average molecular weight is 175 g/mol. The van der Waals surface area contributed by atoms with Crippen LogP contribution in [0.25, 0.3) is 0 Å². The summed E-state index contributed by atoms with van der Waals surface area (Å²) in [6, 6.07) is 4.93. The number of aromatic hydroxyl groups is 1. The van der Waals surface area contributed by atoms with Gasteiger partial charge in [-0.2, -0.15) is 0 Å². The Bertz CT molecular complexity index is 399. The molecule has 0 spiro atoms. The standard InChI is InChI=1S/C10H9NO2/c1-7-2-3-8(6-9(7)12)4-5-10(11)13/h2-3,6,12H,1H3,(H2,11,13). The number of carbonyl (C=O) groups excluding carboxylic acids is 1. The number of phenols is 1. The molecule has 0 bridgehead atoms. The molecule has 0 aromatic heterocycles. The molecule has 0 aliphatic heterocycles. The van der Waals surface area contributed by atoms with Crippen molar-refractivity contribution in [3.8, 4) is 17.6 Å². The summed E-state index contributed by atoms with van der Waals surface area (Å²) in [6.45, 7) is 1.78. The monoisotopic (exact) mass is 175 g/mol. The van der Waals surface area contributed by atoms with Crippen LogP contribution in [-0.2, 0) is 4.79 Å². The van der Waals surface area contributed by atoms with Crippen molar-refractivity contribution in [2.24, 2.45) is 5.73 Å². The van der Waals surface area contributed by atoms with Gasteiger partial charge in [-0.15, -0.1) is 0 Å². The molecule has 1 aromatic carbocycles. The number of primary amides is 1. The van der Waals surface area contributed by atoms with Crippen molar-refractivity contribution in [2.75, 3.05) is 0 Å². The molecule has 0 atom stereocenters. The van der Waals surface area contributed by atoms with Crippen LogP contribution in [0, 0.1) is 18.8 Å². The number of hydrogen-bond acceptors (Lipinski definition) is 2. The van der Waals surface area contributed by atoms with Crippen molar-refractivity contribution in [2.45, 2.75) is 6.92 Å².